The molecule has 1 saturated heterocycles. The molecule has 0 unspecified atom stereocenters. The van der Waals surface area contributed by atoms with Gasteiger partial charge in [-0.1, -0.05) is 30.7 Å². The van der Waals surface area contributed by atoms with Crippen molar-refractivity contribution >= 4 is 0 Å². The Kier molecular flexibility index (Phi) is 5.92. The SMILES string of the molecule is CC=CCNOc1cccc(CN2CCCCC2)c1. The fourth-order valence-corrected chi connectivity index (χ4v) is 2.37. The minimum Gasteiger partial charge on any atom is -0.408 e. The van der Waals surface area contributed by atoms with E-state index in [0.717, 1.165) is 18.8 Å². The van der Waals surface area contributed by atoms with Crippen LogP contribution in [0.1, 0.15) is 31.7 Å². The first kappa shape index (κ1) is 14.1. The lowest BCUT2D eigenvalue weighted by Gasteiger charge is -2.26. The van der Waals surface area contributed by atoms with E-state index in [1.54, 1.807) is 0 Å². The van der Waals surface area contributed by atoms with Crippen molar-refractivity contribution in [1.29, 1.82) is 0 Å². The Hall–Kier alpha value is -1.32. The van der Waals surface area contributed by atoms with Gasteiger partial charge in [0, 0.05) is 13.1 Å². The number of rotatable bonds is 6. The first-order valence-electron chi connectivity index (χ1n) is 7.20. The number of hydroxylamine groups is 1. The molecule has 3 nitrogen and oxygen atoms in total. The van der Waals surface area contributed by atoms with Crippen LogP contribution in [0.2, 0.25) is 0 Å². The Labute approximate surface area is 116 Å². The summed E-state index contributed by atoms with van der Waals surface area (Å²) in [4.78, 5) is 8.04. The second-order valence-corrected chi connectivity index (χ2v) is 5.00. The molecule has 1 N–H and O–H groups in total. The van der Waals surface area contributed by atoms with E-state index in [-0.39, 0.29) is 0 Å². The summed E-state index contributed by atoms with van der Waals surface area (Å²) in [5.74, 6) is 0.888. The third-order valence-electron chi connectivity index (χ3n) is 3.38. The summed E-state index contributed by atoms with van der Waals surface area (Å²) in [5, 5.41) is 0. The van der Waals surface area contributed by atoms with Crippen LogP contribution in [-0.2, 0) is 6.54 Å². The van der Waals surface area contributed by atoms with Gasteiger partial charge in [0.15, 0.2) is 0 Å². The highest BCUT2D eigenvalue weighted by atomic mass is 16.6. The van der Waals surface area contributed by atoms with Crippen molar-refractivity contribution in [2.24, 2.45) is 0 Å². The molecule has 0 amide bonds. The Morgan fingerprint density at radius 3 is 2.89 bits per heavy atom. The van der Waals surface area contributed by atoms with E-state index in [9.17, 15) is 0 Å². The zero-order chi connectivity index (χ0) is 13.3. The summed E-state index contributed by atoms with van der Waals surface area (Å²) in [6, 6.07) is 8.35. The molecule has 0 aromatic heterocycles. The van der Waals surface area contributed by atoms with Crippen LogP contribution in [0, 0.1) is 0 Å². The van der Waals surface area contributed by atoms with E-state index >= 15 is 0 Å². The Bertz CT molecular complexity index is 397. The molecular formula is C16H24N2O. The monoisotopic (exact) mass is 260 g/mol. The lowest BCUT2D eigenvalue weighted by Crippen LogP contribution is -2.29. The molecule has 1 heterocycles. The third-order valence-corrected chi connectivity index (χ3v) is 3.38. The molecule has 0 bridgehead atoms. The smallest absolute Gasteiger partial charge is 0.147 e. The molecule has 1 aromatic rings. The van der Waals surface area contributed by atoms with E-state index in [0.29, 0.717) is 0 Å². The third kappa shape index (κ3) is 5.05. The summed E-state index contributed by atoms with van der Waals surface area (Å²) in [6.45, 7) is 6.22. The highest BCUT2D eigenvalue weighted by Crippen LogP contribution is 2.17. The van der Waals surface area contributed by atoms with Gasteiger partial charge in [-0.05, 0) is 50.6 Å². The van der Waals surface area contributed by atoms with Crippen molar-refractivity contribution in [3.05, 3.63) is 42.0 Å². The number of nitrogens with one attached hydrogen (secondary N) is 1. The molecule has 19 heavy (non-hydrogen) atoms. The van der Waals surface area contributed by atoms with Gasteiger partial charge in [-0.2, -0.15) is 5.48 Å². The van der Waals surface area contributed by atoms with Gasteiger partial charge in [0.1, 0.15) is 5.75 Å². The van der Waals surface area contributed by atoms with Gasteiger partial charge in [0.25, 0.3) is 0 Å². The van der Waals surface area contributed by atoms with Crippen LogP contribution in [0.3, 0.4) is 0 Å². The first-order chi connectivity index (χ1) is 9.38. The van der Waals surface area contributed by atoms with Crippen LogP contribution >= 0.6 is 0 Å². The number of hydrogen-bond donors (Lipinski definition) is 1. The largest absolute Gasteiger partial charge is 0.408 e. The highest BCUT2D eigenvalue weighted by Gasteiger charge is 2.10. The maximum atomic E-state index is 5.52. The molecular weight excluding hydrogens is 236 g/mol. The zero-order valence-corrected chi connectivity index (χ0v) is 11.8. The van der Waals surface area contributed by atoms with Gasteiger partial charge >= 0.3 is 0 Å². The van der Waals surface area contributed by atoms with Crippen LogP contribution in [-0.4, -0.2) is 24.5 Å². The molecule has 2 rings (SSSR count). The van der Waals surface area contributed by atoms with Crippen molar-refractivity contribution in [1.82, 2.24) is 10.4 Å². The summed E-state index contributed by atoms with van der Waals surface area (Å²) < 4.78 is 0. The van der Waals surface area contributed by atoms with Crippen LogP contribution in [0.4, 0.5) is 0 Å². The summed E-state index contributed by atoms with van der Waals surface area (Å²) >= 11 is 0. The van der Waals surface area contributed by atoms with Gasteiger partial charge in [0.05, 0.1) is 0 Å². The predicted octanol–water partition coefficient (Wildman–Crippen LogP) is 3.13. The number of piperidine rings is 1. The molecule has 0 radical (unpaired) electrons. The summed E-state index contributed by atoms with van der Waals surface area (Å²) in [5.41, 5.74) is 4.26. The van der Waals surface area contributed by atoms with Crippen LogP contribution < -0.4 is 10.3 Å². The molecule has 1 aliphatic rings. The highest BCUT2D eigenvalue weighted by molar-refractivity contribution is 5.28. The number of allylic oxidation sites excluding steroid dienone is 1. The second-order valence-electron chi connectivity index (χ2n) is 5.00. The van der Waals surface area contributed by atoms with Crippen molar-refractivity contribution in [3.63, 3.8) is 0 Å². The minimum absolute atomic E-state index is 0.729. The van der Waals surface area contributed by atoms with E-state index in [2.05, 4.69) is 28.6 Å². The molecule has 1 aliphatic heterocycles. The molecule has 104 valence electrons. The summed E-state index contributed by atoms with van der Waals surface area (Å²) in [6.07, 6.45) is 8.08. The van der Waals surface area contributed by atoms with Crippen LogP contribution in [0.25, 0.3) is 0 Å². The summed E-state index contributed by atoms with van der Waals surface area (Å²) in [7, 11) is 0. The van der Waals surface area contributed by atoms with Gasteiger partial charge in [-0.25, -0.2) is 0 Å². The number of benzene rings is 1. The maximum absolute atomic E-state index is 5.52. The Balaban J connectivity index is 1.83. The zero-order valence-electron chi connectivity index (χ0n) is 11.8. The molecule has 0 spiro atoms. The molecule has 3 heteroatoms. The molecule has 0 aliphatic carbocycles. The molecule has 1 fully saturated rings. The van der Waals surface area contributed by atoms with Crippen molar-refractivity contribution < 1.29 is 4.84 Å². The molecule has 1 aromatic carbocycles. The minimum atomic E-state index is 0.729. The van der Waals surface area contributed by atoms with Gasteiger partial charge in [0.2, 0.25) is 0 Å². The second kappa shape index (κ2) is 7.97. The van der Waals surface area contributed by atoms with Crippen LogP contribution in [0.5, 0.6) is 5.75 Å². The Morgan fingerprint density at radius 2 is 2.11 bits per heavy atom. The first-order valence-corrected chi connectivity index (χ1v) is 7.20. The standard InChI is InChI=1S/C16H24N2O/c1-2-3-10-17-19-16-9-7-8-15(13-16)14-18-11-5-4-6-12-18/h2-3,7-9,13,17H,4-6,10-12,14H2,1H3. The number of hydrogen-bond acceptors (Lipinski definition) is 3. The van der Waals surface area contributed by atoms with Gasteiger partial charge in [-0.15, -0.1) is 0 Å². The average Bonchev–Trinajstić information content (AvgIpc) is 2.45. The Morgan fingerprint density at radius 1 is 1.26 bits per heavy atom. The van der Waals surface area contributed by atoms with E-state index in [1.165, 1.54) is 37.9 Å². The van der Waals surface area contributed by atoms with E-state index in [1.807, 2.05) is 25.1 Å². The number of nitrogens with zero attached hydrogens (tertiary/aromatic N) is 1. The van der Waals surface area contributed by atoms with Crippen molar-refractivity contribution in [3.8, 4) is 5.75 Å². The average molecular weight is 260 g/mol. The fourth-order valence-electron chi connectivity index (χ4n) is 2.37. The van der Waals surface area contributed by atoms with E-state index < -0.39 is 0 Å². The molecule has 0 atom stereocenters. The fraction of sp³-hybridized carbons (Fsp3) is 0.500. The van der Waals surface area contributed by atoms with Gasteiger partial charge < -0.3 is 4.84 Å². The van der Waals surface area contributed by atoms with Gasteiger partial charge in [-0.3, -0.25) is 4.90 Å². The van der Waals surface area contributed by atoms with Crippen molar-refractivity contribution in [2.45, 2.75) is 32.7 Å². The lowest BCUT2D eigenvalue weighted by atomic mass is 10.1. The van der Waals surface area contributed by atoms with E-state index in [4.69, 9.17) is 4.84 Å². The maximum Gasteiger partial charge on any atom is 0.147 e. The molecule has 0 saturated carbocycles. The van der Waals surface area contributed by atoms with Crippen LogP contribution in [0.15, 0.2) is 36.4 Å². The number of likely N-dealkylation sites (tertiary alicyclic amines) is 1. The normalized spacial score (nSPS) is 16.9. The quantitative estimate of drug-likeness (QED) is 0.483. The topological polar surface area (TPSA) is 24.5 Å². The predicted molar refractivity (Wildman–Crippen MR) is 79.0 cm³/mol. The lowest BCUT2D eigenvalue weighted by molar-refractivity contribution is 0.206. The van der Waals surface area contributed by atoms with Crippen molar-refractivity contribution in [2.75, 3.05) is 19.6 Å².